The maximum absolute atomic E-state index is 13.5. The molecule has 0 heterocycles. The third kappa shape index (κ3) is 4.32. The lowest BCUT2D eigenvalue weighted by molar-refractivity contribution is 0.0949. The highest BCUT2D eigenvalue weighted by Gasteiger charge is 2.13. The summed E-state index contributed by atoms with van der Waals surface area (Å²) >= 11 is 5.59. The van der Waals surface area contributed by atoms with Gasteiger partial charge in [0.15, 0.2) is 5.82 Å². The molecule has 0 aliphatic rings. The normalized spacial score (nSPS) is 10.6. The lowest BCUT2D eigenvalue weighted by Crippen LogP contribution is -2.34. The van der Waals surface area contributed by atoms with Crippen molar-refractivity contribution in [3.05, 3.63) is 34.6 Å². The van der Waals surface area contributed by atoms with E-state index in [4.69, 9.17) is 11.6 Å². The zero-order valence-corrected chi connectivity index (χ0v) is 10.6. The fourth-order valence-electron chi connectivity index (χ4n) is 1.31. The summed E-state index contributed by atoms with van der Waals surface area (Å²) in [5, 5.41) is 5.72. The average molecular weight is 259 g/mol. The highest BCUT2D eigenvalue weighted by atomic mass is 35.5. The fraction of sp³-hybridized carbons (Fsp3) is 0.417. The van der Waals surface area contributed by atoms with E-state index >= 15 is 0 Å². The number of hydrogen-bond acceptors (Lipinski definition) is 2. The van der Waals surface area contributed by atoms with Gasteiger partial charge in [-0.05, 0) is 12.1 Å². The molecule has 0 saturated heterocycles. The van der Waals surface area contributed by atoms with Crippen LogP contribution in [0.2, 0.25) is 5.02 Å². The van der Waals surface area contributed by atoms with Gasteiger partial charge in [0.2, 0.25) is 0 Å². The Balaban J connectivity index is 2.50. The fourth-order valence-corrected chi connectivity index (χ4v) is 1.49. The molecule has 1 amide bonds. The minimum atomic E-state index is -0.677. The Morgan fingerprint density at radius 1 is 1.41 bits per heavy atom. The lowest BCUT2D eigenvalue weighted by atomic mass is 10.2. The van der Waals surface area contributed by atoms with Crippen molar-refractivity contribution < 1.29 is 9.18 Å². The van der Waals surface area contributed by atoms with Crippen LogP contribution in [0.3, 0.4) is 0 Å². The quantitative estimate of drug-likeness (QED) is 0.795. The van der Waals surface area contributed by atoms with Gasteiger partial charge in [-0.2, -0.15) is 0 Å². The molecule has 3 nitrogen and oxygen atoms in total. The van der Waals surface area contributed by atoms with Gasteiger partial charge in [0.25, 0.3) is 5.91 Å². The number of halogens is 2. The third-order valence-electron chi connectivity index (χ3n) is 2.16. The Bertz CT molecular complexity index is 396. The number of benzene rings is 1. The third-order valence-corrected chi connectivity index (χ3v) is 2.45. The summed E-state index contributed by atoms with van der Waals surface area (Å²) in [6.45, 7) is 5.12. The van der Waals surface area contributed by atoms with E-state index in [0.29, 0.717) is 19.1 Å². The van der Waals surface area contributed by atoms with Crippen LogP contribution in [0.5, 0.6) is 0 Å². The van der Waals surface area contributed by atoms with Gasteiger partial charge in [-0.1, -0.05) is 31.5 Å². The SMILES string of the molecule is CC(C)NCCNC(=O)c1cccc(Cl)c1F. The Labute approximate surface area is 105 Å². The zero-order chi connectivity index (χ0) is 12.8. The summed E-state index contributed by atoms with van der Waals surface area (Å²) < 4.78 is 13.5. The molecule has 0 aromatic heterocycles. The van der Waals surface area contributed by atoms with E-state index in [2.05, 4.69) is 10.6 Å². The minimum absolute atomic E-state index is 0.0259. The van der Waals surface area contributed by atoms with E-state index in [-0.39, 0.29) is 10.6 Å². The number of carbonyl (C=O) groups excluding carboxylic acids is 1. The van der Waals surface area contributed by atoms with Crippen LogP contribution in [-0.2, 0) is 0 Å². The highest BCUT2D eigenvalue weighted by molar-refractivity contribution is 6.31. The van der Waals surface area contributed by atoms with Crippen molar-refractivity contribution in [1.82, 2.24) is 10.6 Å². The standard InChI is InChI=1S/C12H16ClFN2O/c1-8(2)15-6-7-16-12(17)9-4-3-5-10(13)11(9)14/h3-5,8,15H,6-7H2,1-2H3,(H,16,17). The molecular weight excluding hydrogens is 243 g/mol. The molecule has 1 aromatic rings. The predicted octanol–water partition coefficient (Wildman–Crippen LogP) is 2.21. The van der Waals surface area contributed by atoms with Gasteiger partial charge in [-0.3, -0.25) is 4.79 Å². The molecule has 0 fully saturated rings. The number of carbonyl (C=O) groups is 1. The van der Waals surface area contributed by atoms with Crippen molar-refractivity contribution in [1.29, 1.82) is 0 Å². The predicted molar refractivity (Wildman–Crippen MR) is 66.9 cm³/mol. The van der Waals surface area contributed by atoms with Crippen LogP contribution in [0.4, 0.5) is 4.39 Å². The molecule has 94 valence electrons. The molecule has 0 atom stereocenters. The smallest absolute Gasteiger partial charge is 0.254 e. The van der Waals surface area contributed by atoms with Crippen LogP contribution in [0.15, 0.2) is 18.2 Å². The second-order valence-electron chi connectivity index (χ2n) is 3.97. The molecule has 0 aliphatic heterocycles. The first-order chi connectivity index (χ1) is 8.02. The molecule has 5 heteroatoms. The number of hydrogen-bond donors (Lipinski definition) is 2. The maximum Gasteiger partial charge on any atom is 0.254 e. The topological polar surface area (TPSA) is 41.1 Å². The van der Waals surface area contributed by atoms with E-state index in [1.54, 1.807) is 6.07 Å². The Morgan fingerprint density at radius 3 is 2.76 bits per heavy atom. The number of amides is 1. The van der Waals surface area contributed by atoms with E-state index in [1.165, 1.54) is 12.1 Å². The van der Waals surface area contributed by atoms with Gasteiger partial charge in [0, 0.05) is 19.1 Å². The zero-order valence-electron chi connectivity index (χ0n) is 9.89. The van der Waals surface area contributed by atoms with Crippen LogP contribution in [0, 0.1) is 5.82 Å². The van der Waals surface area contributed by atoms with Crippen LogP contribution in [0.25, 0.3) is 0 Å². The van der Waals surface area contributed by atoms with E-state index in [0.717, 1.165) is 0 Å². The van der Waals surface area contributed by atoms with Crippen molar-refractivity contribution in [2.75, 3.05) is 13.1 Å². The van der Waals surface area contributed by atoms with E-state index in [1.807, 2.05) is 13.8 Å². The molecule has 0 bridgehead atoms. The average Bonchev–Trinajstić information content (AvgIpc) is 2.27. The van der Waals surface area contributed by atoms with Gasteiger partial charge < -0.3 is 10.6 Å². The van der Waals surface area contributed by atoms with Gasteiger partial charge in [-0.25, -0.2) is 4.39 Å². The van der Waals surface area contributed by atoms with Crippen LogP contribution in [0.1, 0.15) is 24.2 Å². The van der Waals surface area contributed by atoms with E-state index < -0.39 is 11.7 Å². The van der Waals surface area contributed by atoms with E-state index in [9.17, 15) is 9.18 Å². The largest absolute Gasteiger partial charge is 0.351 e. The second kappa shape index (κ2) is 6.57. The Hall–Kier alpha value is -1.13. The van der Waals surface area contributed by atoms with Crippen molar-refractivity contribution in [2.45, 2.75) is 19.9 Å². The van der Waals surface area contributed by atoms with Gasteiger partial charge in [0.05, 0.1) is 10.6 Å². The maximum atomic E-state index is 13.5. The molecule has 17 heavy (non-hydrogen) atoms. The highest BCUT2D eigenvalue weighted by Crippen LogP contribution is 2.17. The minimum Gasteiger partial charge on any atom is -0.351 e. The molecule has 0 saturated carbocycles. The molecule has 0 radical (unpaired) electrons. The number of rotatable bonds is 5. The van der Waals surface area contributed by atoms with Crippen LogP contribution < -0.4 is 10.6 Å². The summed E-state index contributed by atoms with van der Waals surface area (Å²) in [6, 6.07) is 4.72. The summed E-state index contributed by atoms with van der Waals surface area (Å²) in [4.78, 5) is 11.6. The summed E-state index contributed by atoms with van der Waals surface area (Å²) in [6.07, 6.45) is 0. The second-order valence-corrected chi connectivity index (χ2v) is 4.37. The first-order valence-corrected chi connectivity index (χ1v) is 5.85. The molecule has 0 aliphatic carbocycles. The van der Waals surface area contributed by atoms with Gasteiger partial charge in [-0.15, -0.1) is 0 Å². The number of nitrogens with one attached hydrogen (secondary N) is 2. The van der Waals surface area contributed by atoms with Gasteiger partial charge in [0.1, 0.15) is 0 Å². The Kier molecular flexibility index (Phi) is 5.38. The summed E-state index contributed by atoms with van der Waals surface area (Å²) in [7, 11) is 0. The molecule has 0 unspecified atom stereocenters. The summed E-state index contributed by atoms with van der Waals surface area (Å²) in [5.41, 5.74) is -0.0259. The van der Waals surface area contributed by atoms with Crippen LogP contribution in [-0.4, -0.2) is 25.0 Å². The molecule has 1 rings (SSSR count). The molecule has 1 aromatic carbocycles. The first-order valence-electron chi connectivity index (χ1n) is 5.48. The molecular formula is C12H16ClFN2O. The molecule has 0 spiro atoms. The summed E-state index contributed by atoms with van der Waals surface area (Å²) in [5.74, 6) is -1.13. The Morgan fingerprint density at radius 2 is 2.12 bits per heavy atom. The lowest BCUT2D eigenvalue weighted by Gasteiger charge is -2.09. The van der Waals surface area contributed by atoms with Crippen molar-refractivity contribution in [3.63, 3.8) is 0 Å². The van der Waals surface area contributed by atoms with Crippen molar-refractivity contribution >= 4 is 17.5 Å². The first kappa shape index (κ1) is 13.9. The molecule has 2 N–H and O–H groups in total. The van der Waals surface area contributed by atoms with Crippen LogP contribution >= 0.6 is 11.6 Å². The van der Waals surface area contributed by atoms with Crippen molar-refractivity contribution in [3.8, 4) is 0 Å². The monoisotopic (exact) mass is 258 g/mol. The van der Waals surface area contributed by atoms with Crippen molar-refractivity contribution in [2.24, 2.45) is 0 Å². The van der Waals surface area contributed by atoms with Gasteiger partial charge >= 0.3 is 0 Å².